The molecular formula is C15H26N2O. The summed E-state index contributed by atoms with van der Waals surface area (Å²) in [6.45, 7) is 2.71. The molecule has 0 spiro atoms. The average molecular weight is 250 g/mol. The summed E-state index contributed by atoms with van der Waals surface area (Å²) in [5.41, 5.74) is 5.89. The standard InChI is InChI=1S/C15H26N2O/c1-2-13-9-10-15(18-13)14(11-16)17-12-7-5-3-4-6-8-12/h9-10,12,14,17H,2-8,11,16H2,1H3. The number of nitrogens with one attached hydrogen (secondary N) is 1. The lowest BCUT2D eigenvalue weighted by atomic mass is 10.1. The van der Waals surface area contributed by atoms with Gasteiger partial charge >= 0.3 is 0 Å². The Balaban J connectivity index is 1.95. The van der Waals surface area contributed by atoms with Crippen LogP contribution < -0.4 is 11.1 Å². The van der Waals surface area contributed by atoms with E-state index in [-0.39, 0.29) is 6.04 Å². The molecule has 2 rings (SSSR count). The van der Waals surface area contributed by atoms with E-state index in [0.29, 0.717) is 12.6 Å². The summed E-state index contributed by atoms with van der Waals surface area (Å²) in [7, 11) is 0. The number of hydrogen-bond acceptors (Lipinski definition) is 3. The van der Waals surface area contributed by atoms with Crippen LogP contribution in [0, 0.1) is 0 Å². The summed E-state index contributed by atoms with van der Waals surface area (Å²) in [5, 5.41) is 3.68. The first-order valence-corrected chi connectivity index (χ1v) is 7.38. The fourth-order valence-electron chi connectivity index (χ4n) is 2.77. The second-order valence-corrected chi connectivity index (χ2v) is 5.30. The number of hydrogen-bond donors (Lipinski definition) is 2. The third-order valence-corrected chi connectivity index (χ3v) is 3.90. The van der Waals surface area contributed by atoms with Gasteiger partial charge in [-0.1, -0.05) is 32.6 Å². The van der Waals surface area contributed by atoms with Crippen LogP contribution in [0.5, 0.6) is 0 Å². The van der Waals surface area contributed by atoms with Crippen LogP contribution in [0.2, 0.25) is 0 Å². The third kappa shape index (κ3) is 3.59. The minimum Gasteiger partial charge on any atom is -0.464 e. The minimum atomic E-state index is 0.174. The molecule has 18 heavy (non-hydrogen) atoms. The molecule has 1 unspecified atom stereocenters. The Kier molecular flexibility index (Phi) is 5.26. The summed E-state index contributed by atoms with van der Waals surface area (Å²) in [6.07, 6.45) is 8.94. The Morgan fingerprint density at radius 2 is 2.00 bits per heavy atom. The van der Waals surface area contributed by atoms with Crippen molar-refractivity contribution in [1.29, 1.82) is 0 Å². The number of aryl methyl sites for hydroxylation is 1. The van der Waals surface area contributed by atoms with E-state index in [4.69, 9.17) is 10.2 Å². The Morgan fingerprint density at radius 1 is 1.28 bits per heavy atom. The molecule has 0 radical (unpaired) electrons. The molecule has 3 N–H and O–H groups in total. The highest BCUT2D eigenvalue weighted by molar-refractivity contribution is 5.11. The predicted octanol–water partition coefficient (Wildman–Crippen LogP) is 3.15. The maximum atomic E-state index is 5.89. The zero-order valence-electron chi connectivity index (χ0n) is 11.5. The quantitative estimate of drug-likeness (QED) is 0.789. The Bertz CT molecular complexity index is 340. The van der Waals surface area contributed by atoms with Gasteiger partial charge in [-0.2, -0.15) is 0 Å². The highest BCUT2D eigenvalue weighted by atomic mass is 16.3. The smallest absolute Gasteiger partial charge is 0.122 e. The molecule has 1 fully saturated rings. The van der Waals surface area contributed by atoms with Gasteiger partial charge in [-0.3, -0.25) is 0 Å². The summed E-state index contributed by atoms with van der Waals surface area (Å²) in [6, 6.07) is 4.91. The molecule has 1 atom stereocenters. The highest BCUT2D eigenvalue weighted by Gasteiger charge is 2.19. The molecule has 1 aliphatic rings. The molecule has 3 heteroatoms. The second-order valence-electron chi connectivity index (χ2n) is 5.30. The molecule has 0 aromatic carbocycles. The van der Waals surface area contributed by atoms with Crippen molar-refractivity contribution < 1.29 is 4.42 Å². The van der Waals surface area contributed by atoms with Gasteiger partial charge in [0.05, 0.1) is 6.04 Å². The van der Waals surface area contributed by atoms with E-state index < -0.39 is 0 Å². The molecule has 0 saturated heterocycles. The Labute approximate surface area is 110 Å². The normalized spacial score (nSPS) is 19.7. The van der Waals surface area contributed by atoms with E-state index in [1.54, 1.807) is 0 Å². The van der Waals surface area contributed by atoms with Crippen molar-refractivity contribution in [3.8, 4) is 0 Å². The topological polar surface area (TPSA) is 51.2 Å². The molecule has 0 amide bonds. The molecule has 0 aliphatic heterocycles. The van der Waals surface area contributed by atoms with Crippen molar-refractivity contribution in [1.82, 2.24) is 5.32 Å². The molecule has 1 heterocycles. The van der Waals surface area contributed by atoms with Crippen LogP contribution in [0.1, 0.15) is 63.0 Å². The molecule has 3 nitrogen and oxygen atoms in total. The van der Waals surface area contributed by atoms with Crippen LogP contribution in [0.4, 0.5) is 0 Å². The van der Waals surface area contributed by atoms with E-state index in [1.165, 1.54) is 38.5 Å². The molecule has 1 aromatic heterocycles. The largest absolute Gasteiger partial charge is 0.464 e. The van der Waals surface area contributed by atoms with Gasteiger partial charge in [-0.05, 0) is 25.0 Å². The van der Waals surface area contributed by atoms with Crippen LogP contribution >= 0.6 is 0 Å². The zero-order valence-corrected chi connectivity index (χ0v) is 11.5. The maximum absolute atomic E-state index is 5.89. The van der Waals surface area contributed by atoms with E-state index in [9.17, 15) is 0 Å². The van der Waals surface area contributed by atoms with Crippen molar-refractivity contribution in [2.45, 2.75) is 64.0 Å². The fraction of sp³-hybridized carbons (Fsp3) is 0.733. The molecule has 1 aromatic rings. The average Bonchev–Trinajstić information content (AvgIpc) is 2.73. The van der Waals surface area contributed by atoms with Gasteiger partial charge in [0.1, 0.15) is 11.5 Å². The lowest BCUT2D eigenvalue weighted by Crippen LogP contribution is -2.36. The highest BCUT2D eigenvalue weighted by Crippen LogP contribution is 2.22. The van der Waals surface area contributed by atoms with E-state index in [1.807, 2.05) is 0 Å². The van der Waals surface area contributed by atoms with Crippen molar-refractivity contribution in [3.63, 3.8) is 0 Å². The minimum absolute atomic E-state index is 0.174. The Morgan fingerprint density at radius 3 is 2.56 bits per heavy atom. The van der Waals surface area contributed by atoms with Crippen LogP contribution in [-0.4, -0.2) is 12.6 Å². The van der Waals surface area contributed by atoms with Crippen molar-refractivity contribution in [2.75, 3.05) is 6.54 Å². The lowest BCUT2D eigenvalue weighted by molar-refractivity contribution is 0.347. The molecular weight excluding hydrogens is 224 g/mol. The van der Waals surface area contributed by atoms with Gasteiger partial charge in [0, 0.05) is 19.0 Å². The number of rotatable bonds is 5. The molecule has 0 bridgehead atoms. The number of furan rings is 1. The van der Waals surface area contributed by atoms with Crippen molar-refractivity contribution in [3.05, 3.63) is 23.7 Å². The molecule has 102 valence electrons. The van der Waals surface area contributed by atoms with E-state index in [0.717, 1.165) is 17.9 Å². The van der Waals surface area contributed by atoms with Gasteiger partial charge in [-0.25, -0.2) is 0 Å². The van der Waals surface area contributed by atoms with E-state index in [2.05, 4.69) is 24.4 Å². The summed E-state index contributed by atoms with van der Waals surface area (Å²) < 4.78 is 5.82. The zero-order chi connectivity index (χ0) is 12.8. The molecule has 1 saturated carbocycles. The van der Waals surface area contributed by atoms with Crippen LogP contribution in [0.15, 0.2) is 16.5 Å². The maximum Gasteiger partial charge on any atom is 0.122 e. The monoisotopic (exact) mass is 250 g/mol. The fourth-order valence-corrected chi connectivity index (χ4v) is 2.77. The van der Waals surface area contributed by atoms with Crippen molar-refractivity contribution >= 4 is 0 Å². The first kappa shape index (κ1) is 13.6. The van der Waals surface area contributed by atoms with Gasteiger partial charge < -0.3 is 15.5 Å². The summed E-state index contributed by atoms with van der Waals surface area (Å²) >= 11 is 0. The van der Waals surface area contributed by atoms with Crippen molar-refractivity contribution in [2.24, 2.45) is 5.73 Å². The van der Waals surface area contributed by atoms with Crippen LogP contribution in [0.25, 0.3) is 0 Å². The SMILES string of the molecule is CCc1ccc(C(CN)NC2CCCCCC2)o1. The summed E-state index contributed by atoms with van der Waals surface area (Å²) in [5.74, 6) is 2.05. The second kappa shape index (κ2) is 6.95. The van der Waals surface area contributed by atoms with Gasteiger partial charge in [0.15, 0.2) is 0 Å². The van der Waals surface area contributed by atoms with Gasteiger partial charge in [-0.15, -0.1) is 0 Å². The van der Waals surface area contributed by atoms with E-state index >= 15 is 0 Å². The van der Waals surface area contributed by atoms with Crippen LogP contribution in [-0.2, 0) is 6.42 Å². The lowest BCUT2D eigenvalue weighted by Gasteiger charge is -2.22. The third-order valence-electron chi connectivity index (χ3n) is 3.90. The Hall–Kier alpha value is -0.800. The summed E-state index contributed by atoms with van der Waals surface area (Å²) in [4.78, 5) is 0. The number of nitrogens with two attached hydrogens (primary N) is 1. The van der Waals surface area contributed by atoms with Gasteiger partial charge in [0.25, 0.3) is 0 Å². The molecule has 1 aliphatic carbocycles. The van der Waals surface area contributed by atoms with Gasteiger partial charge in [0.2, 0.25) is 0 Å². The predicted molar refractivity (Wildman–Crippen MR) is 74.5 cm³/mol. The first-order valence-electron chi connectivity index (χ1n) is 7.38. The first-order chi connectivity index (χ1) is 8.83. The van der Waals surface area contributed by atoms with Crippen LogP contribution in [0.3, 0.4) is 0 Å².